The minimum Gasteiger partial charge on any atom is -0.488 e. The molecule has 3 aromatic carbocycles. The van der Waals surface area contributed by atoms with Crippen molar-refractivity contribution in [3.63, 3.8) is 0 Å². The van der Waals surface area contributed by atoms with Gasteiger partial charge in [0.2, 0.25) is 0 Å². The molecule has 0 spiro atoms. The van der Waals surface area contributed by atoms with E-state index in [0.717, 1.165) is 49.9 Å². The van der Waals surface area contributed by atoms with Crippen molar-refractivity contribution in [3.8, 4) is 28.0 Å². The number of nitrogens with zero attached hydrogens (tertiary/aromatic N) is 2. The second-order valence-electron chi connectivity index (χ2n) is 8.96. The van der Waals surface area contributed by atoms with E-state index in [-0.39, 0.29) is 19.0 Å². The number of furan rings is 1. The molecular weight excluding hydrogens is 478 g/mol. The molecule has 0 radical (unpaired) electrons. The zero-order chi connectivity index (χ0) is 26.5. The summed E-state index contributed by atoms with van der Waals surface area (Å²) < 4.78 is 17.4. The first-order valence-corrected chi connectivity index (χ1v) is 12.5. The first-order valence-electron chi connectivity index (χ1n) is 12.5. The number of hydrogen-bond donors (Lipinski definition) is 1. The Hall–Kier alpha value is -4.49. The number of para-hydroxylation sites is 1. The summed E-state index contributed by atoms with van der Waals surface area (Å²) in [6.45, 7) is 4.72. The van der Waals surface area contributed by atoms with Gasteiger partial charge < -0.3 is 19.6 Å². The number of aryl methyl sites for hydroxylation is 1. The summed E-state index contributed by atoms with van der Waals surface area (Å²) in [5.74, 6) is 1.05. The van der Waals surface area contributed by atoms with Gasteiger partial charge in [-0.1, -0.05) is 36.4 Å². The van der Waals surface area contributed by atoms with Gasteiger partial charge in [-0.2, -0.15) is 0 Å². The minimum absolute atomic E-state index is 0.148. The van der Waals surface area contributed by atoms with Gasteiger partial charge in [0.1, 0.15) is 23.8 Å². The lowest BCUT2D eigenvalue weighted by atomic mass is 9.96. The van der Waals surface area contributed by atoms with Crippen LogP contribution in [0.15, 0.2) is 83.7 Å². The third-order valence-electron chi connectivity index (χ3n) is 6.34. The van der Waals surface area contributed by atoms with E-state index < -0.39 is 0 Å². The molecule has 38 heavy (non-hydrogen) atoms. The van der Waals surface area contributed by atoms with Gasteiger partial charge in [-0.05, 0) is 54.8 Å². The molecule has 0 bridgehead atoms. The Morgan fingerprint density at radius 3 is 2.55 bits per heavy atom. The first kappa shape index (κ1) is 25.2. The lowest BCUT2D eigenvalue weighted by Crippen LogP contribution is -2.09. The number of aromatic nitrogens is 2. The summed E-state index contributed by atoms with van der Waals surface area (Å²) in [5, 5.41) is 0.930. The topological polar surface area (TPSA) is 100 Å². The smallest absolute Gasteiger partial charge is 0.310 e. The lowest BCUT2D eigenvalue weighted by Gasteiger charge is -2.12. The van der Waals surface area contributed by atoms with E-state index in [4.69, 9.17) is 19.6 Å². The highest BCUT2D eigenvalue weighted by atomic mass is 16.5. The molecule has 0 unspecified atom stereocenters. The van der Waals surface area contributed by atoms with E-state index in [0.29, 0.717) is 24.7 Å². The molecule has 192 valence electrons. The maximum absolute atomic E-state index is 12.1. The van der Waals surface area contributed by atoms with E-state index in [1.54, 1.807) is 13.2 Å². The second kappa shape index (κ2) is 11.3. The molecule has 0 saturated heterocycles. The van der Waals surface area contributed by atoms with E-state index in [1.807, 2.05) is 55.7 Å². The first-order chi connectivity index (χ1) is 18.6. The molecule has 2 aromatic heterocycles. The number of ether oxygens (including phenoxy) is 2. The van der Waals surface area contributed by atoms with E-state index in [1.165, 1.54) is 0 Å². The molecule has 0 amide bonds. The van der Waals surface area contributed by atoms with E-state index in [2.05, 4.69) is 34.2 Å². The number of hydrogen-bond acceptors (Lipinski definition) is 7. The summed E-state index contributed by atoms with van der Waals surface area (Å²) in [5.41, 5.74) is 13.2. The molecule has 0 aliphatic heterocycles. The van der Waals surface area contributed by atoms with Crippen LogP contribution >= 0.6 is 0 Å². The van der Waals surface area contributed by atoms with Gasteiger partial charge in [-0.15, -0.1) is 0 Å². The van der Waals surface area contributed by atoms with Crippen LogP contribution in [0.3, 0.4) is 0 Å². The molecule has 5 aromatic rings. The summed E-state index contributed by atoms with van der Waals surface area (Å²) in [6.07, 6.45) is 5.48. The third kappa shape index (κ3) is 5.43. The largest absolute Gasteiger partial charge is 0.488 e. The van der Waals surface area contributed by atoms with Gasteiger partial charge in [0.15, 0.2) is 0 Å². The molecule has 2 N–H and O–H groups in total. The van der Waals surface area contributed by atoms with Gasteiger partial charge >= 0.3 is 5.97 Å². The number of benzene rings is 3. The fourth-order valence-electron chi connectivity index (χ4n) is 4.40. The third-order valence-corrected chi connectivity index (χ3v) is 6.34. The number of carbonyl (C=O) groups excluding carboxylic acids is 1. The molecule has 0 atom stereocenters. The maximum atomic E-state index is 12.1. The number of rotatable bonds is 9. The molecule has 5 rings (SSSR count). The van der Waals surface area contributed by atoms with Crippen molar-refractivity contribution in [1.29, 1.82) is 0 Å². The van der Waals surface area contributed by atoms with Crippen molar-refractivity contribution >= 4 is 16.9 Å². The van der Waals surface area contributed by atoms with E-state index >= 15 is 0 Å². The molecule has 0 fully saturated rings. The summed E-state index contributed by atoms with van der Waals surface area (Å²) in [4.78, 5) is 20.9. The predicted octanol–water partition coefficient (Wildman–Crippen LogP) is 6.01. The normalized spacial score (nSPS) is 11.0. The van der Waals surface area contributed by atoms with Crippen LogP contribution in [-0.4, -0.2) is 22.5 Å². The zero-order valence-corrected chi connectivity index (χ0v) is 21.4. The molecule has 0 saturated carbocycles. The lowest BCUT2D eigenvalue weighted by molar-refractivity contribution is -0.142. The van der Waals surface area contributed by atoms with Crippen LogP contribution in [0, 0.1) is 6.92 Å². The Bertz CT molecular complexity index is 1570. The van der Waals surface area contributed by atoms with E-state index in [9.17, 15) is 4.79 Å². The van der Waals surface area contributed by atoms with Crippen molar-refractivity contribution in [2.45, 2.75) is 33.4 Å². The SMILES string of the molecule is CCOC(=O)Cc1ccccc1OCc1coc2c(-c3cnc(C)nc3)cc(-c3cccc(CN)c3)cc12. The van der Waals surface area contributed by atoms with Crippen molar-refractivity contribution in [2.24, 2.45) is 5.73 Å². The van der Waals surface area contributed by atoms with Crippen LogP contribution in [0.5, 0.6) is 5.75 Å². The Balaban J connectivity index is 1.54. The Labute approximate surface area is 221 Å². The van der Waals surface area contributed by atoms with Crippen molar-refractivity contribution < 1.29 is 18.7 Å². The van der Waals surface area contributed by atoms with Crippen molar-refractivity contribution in [2.75, 3.05) is 6.61 Å². The quantitative estimate of drug-likeness (QED) is 0.244. The molecule has 7 nitrogen and oxygen atoms in total. The van der Waals surface area contributed by atoms with Crippen LogP contribution in [0.25, 0.3) is 33.2 Å². The molecule has 0 aliphatic carbocycles. The van der Waals surface area contributed by atoms with Gasteiger partial charge in [0.25, 0.3) is 0 Å². The summed E-state index contributed by atoms with van der Waals surface area (Å²) >= 11 is 0. The van der Waals surface area contributed by atoms with Crippen molar-refractivity contribution in [1.82, 2.24) is 9.97 Å². The average Bonchev–Trinajstić information content (AvgIpc) is 3.35. The monoisotopic (exact) mass is 507 g/mol. The van der Waals surface area contributed by atoms with Gasteiger partial charge in [0, 0.05) is 46.6 Å². The van der Waals surface area contributed by atoms with Crippen LogP contribution < -0.4 is 10.5 Å². The fourth-order valence-corrected chi connectivity index (χ4v) is 4.40. The molecular formula is C31H29N3O4. The Kier molecular flexibility index (Phi) is 7.47. The number of nitrogens with two attached hydrogens (primary N) is 1. The molecule has 2 heterocycles. The van der Waals surface area contributed by atoms with Gasteiger partial charge in [-0.3, -0.25) is 4.79 Å². The summed E-state index contributed by atoms with van der Waals surface area (Å²) in [6, 6.07) is 19.9. The highest BCUT2D eigenvalue weighted by molar-refractivity contribution is 5.98. The van der Waals surface area contributed by atoms with Gasteiger partial charge in [-0.25, -0.2) is 9.97 Å². The number of fused-ring (bicyclic) bond motifs is 1. The second-order valence-corrected chi connectivity index (χ2v) is 8.96. The van der Waals surface area contributed by atoms with Gasteiger partial charge in [0.05, 0.1) is 19.3 Å². The highest BCUT2D eigenvalue weighted by Gasteiger charge is 2.17. The van der Waals surface area contributed by atoms with Crippen molar-refractivity contribution in [3.05, 3.63) is 102 Å². The molecule has 0 aliphatic rings. The fraction of sp³-hybridized carbons (Fsp3) is 0.194. The average molecular weight is 508 g/mol. The van der Waals surface area contributed by atoms with Crippen LogP contribution in [0.1, 0.15) is 29.4 Å². The molecule has 7 heteroatoms. The Morgan fingerprint density at radius 1 is 0.947 bits per heavy atom. The van der Waals surface area contributed by atoms with Crippen LogP contribution in [-0.2, 0) is 29.1 Å². The Morgan fingerprint density at radius 2 is 1.76 bits per heavy atom. The predicted molar refractivity (Wildman–Crippen MR) is 146 cm³/mol. The maximum Gasteiger partial charge on any atom is 0.310 e. The van der Waals surface area contributed by atoms with Crippen LogP contribution in [0.2, 0.25) is 0 Å². The minimum atomic E-state index is -0.286. The highest BCUT2D eigenvalue weighted by Crippen LogP contribution is 2.37. The summed E-state index contributed by atoms with van der Waals surface area (Å²) in [7, 11) is 0. The number of esters is 1. The standard InChI is InChI=1S/C31H29N3O4/c1-3-36-30(35)14-23-8-4-5-10-29(23)37-18-26-19-38-31-27(25-16-33-20(2)34-17-25)12-24(13-28(26)31)22-9-6-7-21(11-22)15-32/h4-13,16-17,19H,3,14-15,18,32H2,1-2H3. The zero-order valence-electron chi connectivity index (χ0n) is 21.4. The number of carbonyl (C=O) groups is 1. The van der Waals surface area contributed by atoms with Crippen LogP contribution in [0.4, 0.5) is 0 Å².